The molecule has 1 rings (SSSR count). The van der Waals surface area contributed by atoms with Crippen molar-refractivity contribution in [3.8, 4) is 0 Å². The first-order valence-electron chi connectivity index (χ1n) is 3.36. The van der Waals surface area contributed by atoms with E-state index in [-0.39, 0.29) is 0 Å². The fraction of sp³-hybridized carbons (Fsp3) is 0.111. The van der Waals surface area contributed by atoms with Crippen LogP contribution in [-0.4, -0.2) is 5.71 Å². The molecule has 11 heavy (non-hydrogen) atoms. The van der Waals surface area contributed by atoms with E-state index in [1.807, 2.05) is 37.3 Å². The van der Waals surface area contributed by atoms with Crippen molar-refractivity contribution in [1.82, 2.24) is 0 Å². The van der Waals surface area contributed by atoms with E-state index in [0.717, 1.165) is 11.3 Å². The number of rotatable bonds is 2. The lowest BCUT2D eigenvalue weighted by Gasteiger charge is -1.96. The van der Waals surface area contributed by atoms with Crippen LogP contribution in [0, 0.1) is 7.11 Å². The van der Waals surface area contributed by atoms with Gasteiger partial charge in [0.2, 0.25) is 0 Å². The molecule has 0 atom stereocenters. The molecule has 1 aromatic rings. The van der Waals surface area contributed by atoms with Crippen LogP contribution in [0.1, 0.15) is 12.5 Å². The summed E-state index contributed by atoms with van der Waals surface area (Å²) in [6.07, 6.45) is 0. The molecule has 57 valence electrons. The van der Waals surface area contributed by atoms with Gasteiger partial charge in [-0.2, -0.15) is 0 Å². The Bertz CT molecular complexity index is 241. The molecule has 0 aliphatic rings. The smallest absolute Gasteiger partial charge is 0.153 e. The first kappa shape index (κ1) is 7.79. The van der Waals surface area contributed by atoms with Crippen molar-refractivity contribution in [2.45, 2.75) is 6.92 Å². The third-order valence-electron chi connectivity index (χ3n) is 1.39. The molecule has 0 aliphatic heterocycles. The zero-order chi connectivity index (χ0) is 8.10. The average molecular weight is 148 g/mol. The Morgan fingerprint density at radius 3 is 2.55 bits per heavy atom. The lowest BCUT2D eigenvalue weighted by atomic mass is 10.1. The standard InChI is InChI=1S/C9H10NO/c1-8(10-11-2)9-6-4-3-5-7-9/h3-7H,2H2,1H3/b10-8+. The Labute approximate surface area is 66.5 Å². The van der Waals surface area contributed by atoms with Crippen molar-refractivity contribution >= 4 is 5.71 Å². The maximum atomic E-state index is 4.40. The highest BCUT2D eigenvalue weighted by Crippen LogP contribution is 2.00. The zero-order valence-corrected chi connectivity index (χ0v) is 6.45. The van der Waals surface area contributed by atoms with E-state index in [0.29, 0.717) is 0 Å². The summed E-state index contributed by atoms with van der Waals surface area (Å²) in [4.78, 5) is 4.40. The molecule has 0 spiro atoms. The molecule has 0 saturated carbocycles. The van der Waals surface area contributed by atoms with Crippen LogP contribution in [0.4, 0.5) is 0 Å². The lowest BCUT2D eigenvalue weighted by Crippen LogP contribution is -1.93. The van der Waals surface area contributed by atoms with Gasteiger partial charge in [0.25, 0.3) is 0 Å². The van der Waals surface area contributed by atoms with E-state index in [1.165, 1.54) is 0 Å². The first-order chi connectivity index (χ1) is 5.34. The molecule has 0 aliphatic carbocycles. The van der Waals surface area contributed by atoms with E-state index in [1.54, 1.807) is 0 Å². The Balaban J connectivity index is 2.85. The maximum absolute atomic E-state index is 4.40. The van der Waals surface area contributed by atoms with Crippen LogP contribution in [0.25, 0.3) is 0 Å². The highest BCUT2D eigenvalue weighted by Gasteiger charge is 1.93. The highest BCUT2D eigenvalue weighted by molar-refractivity contribution is 5.98. The number of hydrogen-bond donors (Lipinski definition) is 0. The normalized spacial score (nSPS) is 11.3. The predicted octanol–water partition coefficient (Wildman–Crippen LogP) is 2.22. The number of nitrogens with zero attached hydrogens (tertiary/aromatic N) is 1. The molecule has 2 heteroatoms. The van der Waals surface area contributed by atoms with Crippen molar-refractivity contribution in [3.63, 3.8) is 0 Å². The highest BCUT2D eigenvalue weighted by atomic mass is 16.6. The van der Waals surface area contributed by atoms with Gasteiger partial charge in [-0.25, -0.2) is 0 Å². The molecule has 0 saturated heterocycles. The summed E-state index contributed by atoms with van der Waals surface area (Å²) >= 11 is 0. The quantitative estimate of drug-likeness (QED) is 0.465. The van der Waals surface area contributed by atoms with Crippen molar-refractivity contribution in [3.05, 3.63) is 43.0 Å². The Morgan fingerprint density at radius 2 is 2.00 bits per heavy atom. The molecule has 0 fully saturated rings. The molecular formula is C9H10NO. The summed E-state index contributed by atoms with van der Waals surface area (Å²) in [5, 5.41) is 3.70. The van der Waals surface area contributed by atoms with Gasteiger partial charge in [0.1, 0.15) is 0 Å². The minimum Gasteiger partial charge on any atom is -0.392 e. The summed E-state index contributed by atoms with van der Waals surface area (Å²) in [6.45, 7) is 1.88. The molecule has 0 unspecified atom stereocenters. The van der Waals surface area contributed by atoms with E-state index < -0.39 is 0 Å². The minimum absolute atomic E-state index is 0.834. The number of hydrogen-bond acceptors (Lipinski definition) is 2. The van der Waals surface area contributed by atoms with Gasteiger partial charge in [-0.1, -0.05) is 35.5 Å². The molecule has 0 heterocycles. The van der Waals surface area contributed by atoms with Crippen LogP contribution in [0.2, 0.25) is 0 Å². The fourth-order valence-electron chi connectivity index (χ4n) is 0.829. The molecule has 0 amide bonds. The van der Waals surface area contributed by atoms with Crippen LogP contribution in [0.15, 0.2) is 35.5 Å². The first-order valence-corrected chi connectivity index (χ1v) is 3.36. The number of benzene rings is 1. The molecule has 2 nitrogen and oxygen atoms in total. The van der Waals surface area contributed by atoms with Crippen LogP contribution in [0.5, 0.6) is 0 Å². The van der Waals surface area contributed by atoms with Gasteiger partial charge in [0.05, 0.1) is 5.71 Å². The SMILES string of the molecule is [CH2]O/N=C(\C)c1ccccc1. The molecule has 1 radical (unpaired) electrons. The maximum Gasteiger partial charge on any atom is 0.153 e. The molecule has 0 aromatic heterocycles. The second-order valence-corrected chi connectivity index (χ2v) is 2.17. The zero-order valence-electron chi connectivity index (χ0n) is 6.45. The fourth-order valence-corrected chi connectivity index (χ4v) is 0.829. The van der Waals surface area contributed by atoms with E-state index in [4.69, 9.17) is 0 Å². The van der Waals surface area contributed by atoms with Crippen LogP contribution in [0.3, 0.4) is 0 Å². The van der Waals surface area contributed by atoms with Crippen LogP contribution < -0.4 is 0 Å². The second kappa shape index (κ2) is 3.76. The van der Waals surface area contributed by atoms with E-state index >= 15 is 0 Å². The second-order valence-electron chi connectivity index (χ2n) is 2.17. The third kappa shape index (κ3) is 2.08. The van der Waals surface area contributed by atoms with Crippen LogP contribution in [-0.2, 0) is 4.84 Å². The largest absolute Gasteiger partial charge is 0.392 e. The van der Waals surface area contributed by atoms with Gasteiger partial charge in [-0.15, -0.1) is 0 Å². The predicted molar refractivity (Wildman–Crippen MR) is 45.1 cm³/mol. The molecular weight excluding hydrogens is 138 g/mol. The van der Waals surface area contributed by atoms with Gasteiger partial charge in [-0.3, -0.25) is 0 Å². The Morgan fingerprint density at radius 1 is 1.36 bits per heavy atom. The van der Waals surface area contributed by atoms with E-state index in [9.17, 15) is 0 Å². The summed E-state index contributed by atoms with van der Waals surface area (Å²) in [7, 11) is 3.16. The van der Waals surface area contributed by atoms with Gasteiger partial charge in [0, 0.05) is 0 Å². The average Bonchev–Trinajstić information content (AvgIpc) is 2.07. The van der Waals surface area contributed by atoms with Gasteiger partial charge in [0.15, 0.2) is 7.11 Å². The topological polar surface area (TPSA) is 21.6 Å². The number of oxime groups is 1. The monoisotopic (exact) mass is 148 g/mol. The van der Waals surface area contributed by atoms with Gasteiger partial charge < -0.3 is 4.84 Å². The Hall–Kier alpha value is -1.31. The van der Waals surface area contributed by atoms with Gasteiger partial charge in [-0.05, 0) is 12.5 Å². The van der Waals surface area contributed by atoms with E-state index in [2.05, 4.69) is 17.1 Å². The van der Waals surface area contributed by atoms with Crippen molar-refractivity contribution in [2.75, 3.05) is 0 Å². The lowest BCUT2D eigenvalue weighted by molar-refractivity contribution is 0.260. The molecule has 1 aromatic carbocycles. The van der Waals surface area contributed by atoms with Crippen molar-refractivity contribution in [2.24, 2.45) is 5.16 Å². The third-order valence-corrected chi connectivity index (χ3v) is 1.39. The summed E-state index contributed by atoms with van der Waals surface area (Å²) in [5.41, 5.74) is 1.89. The molecule has 0 N–H and O–H groups in total. The van der Waals surface area contributed by atoms with Crippen molar-refractivity contribution in [1.29, 1.82) is 0 Å². The minimum atomic E-state index is 0.834. The Kier molecular flexibility index (Phi) is 2.66. The van der Waals surface area contributed by atoms with Crippen molar-refractivity contribution < 1.29 is 4.84 Å². The van der Waals surface area contributed by atoms with Gasteiger partial charge >= 0.3 is 0 Å². The molecule has 0 bridgehead atoms. The van der Waals surface area contributed by atoms with Crippen LogP contribution >= 0.6 is 0 Å². The summed E-state index contributed by atoms with van der Waals surface area (Å²) in [6, 6.07) is 9.81. The summed E-state index contributed by atoms with van der Waals surface area (Å²) < 4.78 is 0. The summed E-state index contributed by atoms with van der Waals surface area (Å²) in [5.74, 6) is 0.